The van der Waals surface area contributed by atoms with E-state index < -0.39 is 11.0 Å². The standard InChI is InChI=1S/C10H12FN3OS2/c1-16-10-9(11)5-8(6-13-10)3-4-14(7-12)17(2)15/h5-6H,3-4H2,1-2H3. The molecule has 0 amide bonds. The lowest BCUT2D eigenvalue weighted by Crippen LogP contribution is -2.13. The lowest BCUT2D eigenvalue weighted by molar-refractivity contribution is -0.414. The van der Waals surface area contributed by atoms with Gasteiger partial charge in [0.15, 0.2) is 11.1 Å². The second kappa shape index (κ2) is 6.69. The average Bonchev–Trinajstić information content (AvgIpc) is 2.29. The zero-order valence-electron chi connectivity index (χ0n) is 9.51. The summed E-state index contributed by atoms with van der Waals surface area (Å²) in [5.41, 5.74) is 0.686. The number of hydrogen-bond acceptors (Lipinski definition) is 4. The lowest BCUT2D eigenvalue weighted by atomic mass is 10.2. The molecule has 0 aliphatic heterocycles. The Labute approximate surface area is 106 Å². The minimum Gasteiger partial charge on any atom is -0.772 e. The normalized spacial score (nSPS) is 13.0. The molecular weight excluding hydrogens is 261 g/mol. The molecular formula is C10H12FN3OS2. The van der Waals surface area contributed by atoms with Crippen LogP contribution in [0.5, 0.6) is 0 Å². The van der Waals surface area contributed by atoms with E-state index in [0.717, 1.165) is 3.95 Å². The van der Waals surface area contributed by atoms with Crippen LogP contribution in [-0.4, -0.2) is 32.5 Å². The summed E-state index contributed by atoms with van der Waals surface area (Å²) in [5, 5.41) is 9.05. The third-order valence-corrected chi connectivity index (χ3v) is 3.65. The van der Waals surface area contributed by atoms with Gasteiger partial charge in [-0.1, -0.05) is 0 Å². The molecule has 0 saturated heterocycles. The predicted molar refractivity (Wildman–Crippen MR) is 64.5 cm³/mol. The van der Waals surface area contributed by atoms with Crippen LogP contribution in [0.3, 0.4) is 0 Å². The van der Waals surface area contributed by atoms with Crippen LogP contribution in [0.15, 0.2) is 17.3 Å². The van der Waals surface area contributed by atoms with Crippen molar-refractivity contribution < 1.29 is 12.9 Å². The molecule has 0 radical (unpaired) electrons. The summed E-state index contributed by atoms with van der Waals surface area (Å²) in [5.74, 6) is -0.365. The molecule has 1 aromatic rings. The Hall–Kier alpha value is -0.970. The highest BCUT2D eigenvalue weighted by Gasteiger charge is 2.06. The Morgan fingerprint density at radius 1 is 1.71 bits per heavy atom. The van der Waals surface area contributed by atoms with Crippen molar-refractivity contribution >= 4 is 22.7 Å². The van der Waals surface area contributed by atoms with Gasteiger partial charge in [-0.25, -0.2) is 9.37 Å². The number of nitrogens with zero attached hydrogens (tertiary/aromatic N) is 3. The zero-order chi connectivity index (χ0) is 12.8. The summed E-state index contributed by atoms with van der Waals surface area (Å²) in [7, 11) is -1.33. The molecule has 0 fully saturated rings. The number of hydrogen-bond donors (Lipinski definition) is 0. The fraction of sp³-hybridized carbons (Fsp3) is 0.400. The van der Waals surface area contributed by atoms with Crippen molar-refractivity contribution in [1.29, 1.82) is 5.26 Å². The van der Waals surface area contributed by atoms with E-state index in [2.05, 4.69) is 4.98 Å². The van der Waals surface area contributed by atoms with E-state index in [1.807, 2.05) is 6.19 Å². The zero-order valence-corrected chi connectivity index (χ0v) is 11.1. The number of thioether (sulfide) groups is 1. The van der Waals surface area contributed by atoms with Crippen LogP contribution >= 0.6 is 11.8 Å². The number of aromatic nitrogens is 1. The molecule has 7 heteroatoms. The molecule has 0 aliphatic rings. The van der Waals surface area contributed by atoms with Crippen molar-refractivity contribution in [2.24, 2.45) is 0 Å². The average molecular weight is 273 g/mol. The van der Waals surface area contributed by atoms with Gasteiger partial charge in [0.1, 0.15) is 11.6 Å². The van der Waals surface area contributed by atoms with E-state index in [0.29, 0.717) is 23.6 Å². The van der Waals surface area contributed by atoms with Gasteiger partial charge in [-0.2, -0.15) is 3.95 Å². The predicted octanol–water partition coefficient (Wildman–Crippen LogP) is 1.54. The Morgan fingerprint density at radius 3 is 2.88 bits per heavy atom. The van der Waals surface area contributed by atoms with Crippen molar-refractivity contribution in [3.8, 4) is 6.19 Å². The highest BCUT2D eigenvalue weighted by atomic mass is 32.2. The summed E-state index contributed by atoms with van der Waals surface area (Å²) in [6.07, 6.45) is 7.01. The molecule has 0 N–H and O–H groups in total. The van der Waals surface area contributed by atoms with Crippen molar-refractivity contribution in [1.82, 2.24) is 4.98 Å². The first-order valence-corrected chi connectivity index (χ1v) is 7.51. The quantitative estimate of drug-likeness (QED) is 0.361. The van der Waals surface area contributed by atoms with Gasteiger partial charge in [-0.15, -0.1) is 22.7 Å². The largest absolute Gasteiger partial charge is 0.772 e. The molecule has 1 aromatic heterocycles. The molecule has 0 aliphatic carbocycles. The monoisotopic (exact) mass is 273 g/mol. The number of pyridine rings is 1. The first-order valence-electron chi connectivity index (χ1n) is 4.77. The van der Waals surface area contributed by atoms with Gasteiger partial charge in [0.05, 0.1) is 0 Å². The summed E-state index contributed by atoms with van der Waals surface area (Å²) in [6, 6.07) is 1.40. The fourth-order valence-electron chi connectivity index (χ4n) is 1.22. The summed E-state index contributed by atoms with van der Waals surface area (Å²) in [4.78, 5) is 3.96. The summed E-state index contributed by atoms with van der Waals surface area (Å²) in [6.45, 7) is 0.291. The van der Waals surface area contributed by atoms with Crippen molar-refractivity contribution in [2.75, 3.05) is 19.1 Å². The first kappa shape index (κ1) is 14.1. The second-order valence-corrected chi connectivity index (χ2v) is 5.29. The van der Waals surface area contributed by atoms with E-state index in [1.165, 1.54) is 24.1 Å². The highest BCUT2D eigenvalue weighted by molar-refractivity contribution is 7.98. The first-order chi connectivity index (χ1) is 8.08. The van der Waals surface area contributed by atoms with Crippen LogP contribution in [0.1, 0.15) is 5.56 Å². The highest BCUT2D eigenvalue weighted by Crippen LogP contribution is 2.16. The van der Waals surface area contributed by atoms with Crippen LogP contribution in [0.2, 0.25) is 0 Å². The van der Waals surface area contributed by atoms with Gasteiger partial charge in [0, 0.05) is 12.6 Å². The van der Waals surface area contributed by atoms with Crippen molar-refractivity contribution in [2.45, 2.75) is 11.4 Å². The van der Waals surface area contributed by atoms with Crippen molar-refractivity contribution in [3.63, 3.8) is 0 Å². The van der Waals surface area contributed by atoms with Gasteiger partial charge in [-0.05, 0) is 24.1 Å². The SMILES string of the molecule is CSc1ncc(CC[N+](C#N)=S(C)[O-])cc1F. The van der Waals surface area contributed by atoms with Crippen LogP contribution in [0.4, 0.5) is 4.39 Å². The minimum atomic E-state index is -1.33. The molecule has 1 unspecified atom stereocenters. The maximum Gasteiger partial charge on any atom is 0.464 e. The van der Waals surface area contributed by atoms with Gasteiger partial charge in [0.25, 0.3) is 0 Å². The molecule has 92 valence electrons. The molecule has 17 heavy (non-hydrogen) atoms. The summed E-state index contributed by atoms with van der Waals surface area (Å²) < 4.78 is 25.6. The van der Waals surface area contributed by atoms with Crippen molar-refractivity contribution in [3.05, 3.63) is 23.6 Å². The van der Waals surface area contributed by atoms with E-state index in [4.69, 9.17) is 5.26 Å². The molecule has 0 aromatic carbocycles. The lowest BCUT2D eigenvalue weighted by Gasteiger charge is -2.07. The van der Waals surface area contributed by atoms with Crippen LogP contribution in [0.25, 0.3) is 0 Å². The number of nitriles is 1. The van der Waals surface area contributed by atoms with Gasteiger partial charge < -0.3 is 4.55 Å². The Morgan fingerprint density at radius 2 is 2.41 bits per heavy atom. The smallest absolute Gasteiger partial charge is 0.464 e. The van der Waals surface area contributed by atoms with Gasteiger partial charge >= 0.3 is 6.19 Å². The van der Waals surface area contributed by atoms with Gasteiger partial charge in [0.2, 0.25) is 0 Å². The molecule has 1 atom stereocenters. The molecule has 0 saturated carbocycles. The Bertz CT molecular complexity index is 481. The van der Waals surface area contributed by atoms with E-state index >= 15 is 0 Å². The Kier molecular flexibility index (Phi) is 5.55. The van der Waals surface area contributed by atoms with Gasteiger partial charge in [-0.3, -0.25) is 0 Å². The van der Waals surface area contributed by atoms with E-state index in [9.17, 15) is 8.94 Å². The van der Waals surface area contributed by atoms with Crippen LogP contribution in [0, 0.1) is 17.3 Å². The van der Waals surface area contributed by atoms with Crippen LogP contribution < -0.4 is 0 Å². The maximum atomic E-state index is 13.4. The molecule has 1 rings (SSSR count). The topological polar surface area (TPSA) is 62.8 Å². The Balaban J connectivity index is 2.75. The molecule has 0 spiro atoms. The van der Waals surface area contributed by atoms with E-state index in [1.54, 1.807) is 12.5 Å². The fourth-order valence-corrected chi connectivity index (χ4v) is 2.09. The summed E-state index contributed by atoms with van der Waals surface area (Å²) >= 11 is 1.24. The number of halogens is 1. The minimum absolute atomic E-state index is 0.291. The third-order valence-electron chi connectivity index (χ3n) is 2.08. The third kappa shape index (κ3) is 4.07. The molecule has 0 bridgehead atoms. The van der Waals surface area contributed by atoms with Crippen LogP contribution in [-0.2, 0) is 17.4 Å². The molecule has 4 nitrogen and oxygen atoms in total. The van der Waals surface area contributed by atoms with E-state index in [-0.39, 0.29) is 5.82 Å². The number of rotatable bonds is 4. The maximum absolute atomic E-state index is 13.4. The second-order valence-electron chi connectivity index (χ2n) is 3.21. The molecule has 1 heterocycles.